The van der Waals surface area contributed by atoms with Gasteiger partial charge in [-0.1, -0.05) is 19.6 Å². The first-order chi connectivity index (χ1) is 17.3. The second-order valence-electron chi connectivity index (χ2n) is 10.4. The van der Waals surface area contributed by atoms with Crippen LogP contribution in [0.4, 0.5) is 8.78 Å². The van der Waals surface area contributed by atoms with Gasteiger partial charge in [0.25, 0.3) is 6.43 Å². The van der Waals surface area contributed by atoms with E-state index in [1.165, 1.54) is 6.33 Å². The summed E-state index contributed by atoms with van der Waals surface area (Å²) in [5, 5.41) is 17.8. The highest BCUT2D eigenvalue weighted by atomic mass is 35.5. The van der Waals surface area contributed by atoms with Crippen LogP contribution < -0.4 is 5.32 Å². The highest BCUT2D eigenvalue weighted by Crippen LogP contribution is 2.27. The molecule has 0 spiro atoms. The number of ether oxygens (including phenoxy) is 1. The molecule has 4 heterocycles. The van der Waals surface area contributed by atoms with Gasteiger partial charge in [-0.15, -0.1) is 12.4 Å². The van der Waals surface area contributed by atoms with Crippen molar-refractivity contribution >= 4 is 31.5 Å². The van der Waals surface area contributed by atoms with Crippen LogP contribution in [0.3, 0.4) is 0 Å². The lowest BCUT2D eigenvalue weighted by atomic mass is 10.1. The number of fused-ring (bicyclic) bond motifs is 1. The van der Waals surface area contributed by atoms with Crippen molar-refractivity contribution in [1.82, 2.24) is 34.5 Å². The van der Waals surface area contributed by atoms with E-state index in [2.05, 4.69) is 46.1 Å². The van der Waals surface area contributed by atoms with Gasteiger partial charge < -0.3 is 14.6 Å². The van der Waals surface area contributed by atoms with Crippen molar-refractivity contribution in [2.45, 2.75) is 57.3 Å². The molecule has 2 unspecified atom stereocenters. The number of hydrogen-bond acceptors (Lipinski definition) is 7. The third-order valence-corrected chi connectivity index (χ3v) is 8.20. The number of piperazine rings is 1. The number of nitriles is 1. The predicted molar refractivity (Wildman–Crippen MR) is 144 cm³/mol. The molecule has 1 saturated heterocycles. The summed E-state index contributed by atoms with van der Waals surface area (Å²) >= 11 is 0. The first kappa shape index (κ1) is 29.1. The van der Waals surface area contributed by atoms with Crippen molar-refractivity contribution < 1.29 is 13.5 Å². The van der Waals surface area contributed by atoms with Crippen molar-refractivity contribution in [2.24, 2.45) is 0 Å². The Balaban J connectivity index is 0.00000380. The molecule has 37 heavy (non-hydrogen) atoms. The molecular weight excluding hydrogens is 518 g/mol. The highest BCUT2D eigenvalue weighted by molar-refractivity contribution is 6.76. The number of hydrogen-bond donors (Lipinski definition) is 1. The van der Waals surface area contributed by atoms with Crippen LogP contribution in [0.2, 0.25) is 25.7 Å². The average molecular weight is 553 g/mol. The zero-order chi connectivity index (χ0) is 25.7. The maximum absolute atomic E-state index is 13.5. The highest BCUT2D eigenvalue weighted by Gasteiger charge is 2.32. The van der Waals surface area contributed by atoms with Gasteiger partial charge in [-0.05, 0) is 12.1 Å². The van der Waals surface area contributed by atoms with Gasteiger partial charge >= 0.3 is 0 Å². The van der Waals surface area contributed by atoms with Crippen LogP contribution in [0, 0.1) is 11.3 Å². The van der Waals surface area contributed by atoms with Gasteiger partial charge in [0, 0.05) is 64.2 Å². The van der Waals surface area contributed by atoms with E-state index >= 15 is 0 Å². The minimum absolute atomic E-state index is 0. The van der Waals surface area contributed by atoms with E-state index in [9.17, 15) is 14.0 Å². The predicted octanol–water partition coefficient (Wildman–Crippen LogP) is 4.02. The summed E-state index contributed by atoms with van der Waals surface area (Å²) in [6.07, 6.45) is 4.72. The minimum atomic E-state index is -2.45. The normalized spacial score (nSPS) is 17.6. The smallest absolute Gasteiger partial charge is 0.255 e. The fraction of sp³-hybridized carbons (Fsp3) is 0.583. The topological polar surface area (TPSA) is 96.8 Å². The number of alkyl halides is 2. The van der Waals surface area contributed by atoms with E-state index in [0.717, 1.165) is 34.9 Å². The number of rotatable bonds is 11. The zero-order valence-electron chi connectivity index (χ0n) is 21.5. The molecule has 0 amide bonds. The summed E-state index contributed by atoms with van der Waals surface area (Å²) in [5.74, 6) is 0. The molecule has 0 saturated carbocycles. The first-order valence-electron chi connectivity index (χ1n) is 12.3. The maximum atomic E-state index is 13.5. The number of aromatic nitrogens is 5. The van der Waals surface area contributed by atoms with Gasteiger partial charge in [0.2, 0.25) is 0 Å². The Morgan fingerprint density at radius 1 is 1.30 bits per heavy atom. The van der Waals surface area contributed by atoms with Gasteiger partial charge in [-0.3, -0.25) is 9.58 Å². The van der Waals surface area contributed by atoms with Crippen LogP contribution in [0.25, 0.3) is 22.3 Å². The second kappa shape index (κ2) is 12.9. The number of nitrogens with one attached hydrogen (secondary N) is 1. The molecule has 4 rings (SSSR count). The molecule has 0 bridgehead atoms. The molecule has 13 heteroatoms. The lowest BCUT2D eigenvalue weighted by molar-refractivity contribution is 0.00552. The summed E-state index contributed by atoms with van der Waals surface area (Å²) in [6.45, 7) is 9.82. The van der Waals surface area contributed by atoms with Gasteiger partial charge in [0.1, 0.15) is 18.7 Å². The van der Waals surface area contributed by atoms with Gasteiger partial charge in [0.05, 0.1) is 36.5 Å². The second-order valence-corrected chi connectivity index (χ2v) is 16.0. The van der Waals surface area contributed by atoms with Crippen LogP contribution in [0.15, 0.2) is 31.0 Å². The van der Waals surface area contributed by atoms with E-state index in [0.29, 0.717) is 26.4 Å². The molecule has 1 fully saturated rings. The van der Waals surface area contributed by atoms with Crippen molar-refractivity contribution in [1.29, 1.82) is 5.26 Å². The molecule has 1 N–H and O–H groups in total. The Labute approximate surface area is 223 Å². The summed E-state index contributed by atoms with van der Waals surface area (Å²) in [5.41, 5.74) is 2.29. The van der Waals surface area contributed by atoms with E-state index in [4.69, 9.17) is 4.74 Å². The third-order valence-electron chi connectivity index (χ3n) is 6.49. The molecule has 0 aliphatic carbocycles. The van der Waals surface area contributed by atoms with Gasteiger partial charge in [-0.2, -0.15) is 10.4 Å². The van der Waals surface area contributed by atoms with Gasteiger partial charge in [0.15, 0.2) is 0 Å². The largest absolute Gasteiger partial charge is 0.361 e. The maximum Gasteiger partial charge on any atom is 0.255 e. The molecule has 3 aromatic rings. The Morgan fingerprint density at radius 2 is 2.11 bits per heavy atom. The molecule has 202 valence electrons. The monoisotopic (exact) mass is 552 g/mol. The Kier molecular flexibility index (Phi) is 10.1. The van der Waals surface area contributed by atoms with Crippen molar-refractivity contribution in [2.75, 3.05) is 32.8 Å². The lowest BCUT2D eigenvalue weighted by Gasteiger charge is -2.37. The Morgan fingerprint density at radius 3 is 2.84 bits per heavy atom. The van der Waals surface area contributed by atoms with Crippen molar-refractivity contribution in [3.8, 4) is 17.3 Å². The summed E-state index contributed by atoms with van der Waals surface area (Å²) < 4.78 is 36.6. The van der Waals surface area contributed by atoms with Crippen molar-refractivity contribution in [3.05, 3.63) is 31.0 Å². The minimum Gasteiger partial charge on any atom is -0.361 e. The standard InChI is InChI=1S/C24H34F2N8OSi.ClH/c1-36(2,3)11-10-35-17-33-8-5-20-22(29-16-30-24(20)33)18-12-31-34(14-18)19(4-6-27)15-32-9-7-28-13-21(32)23(25)26;/h5,8,12,14,16,19,21,23,28H,4,7,9-11,13,15,17H2,1-3H3;1H. The Bertz CT molecular complexity index is 1190. The average Bonchev–Trinajstić information content (AvgIpc) is 3.49. The molecule has 1 aliphatic heterocycles. The molecule has 1 aliphatic rings. The lowest BCUT2D eigenvalue weighted by Crippen LogP contribution is -2.55. The van der Waals surface area contributed by atoms with Crippen LogP contribution in [0.1, 0.15) is 12.5 Å². The van der Waals surface area contributed by atoms with E-state index in [1.54, 1.807) is 15.8 Å². The fourth-order valence-electron chi connectivity index (χ4n) is 4.40. The zero-order valence-corrected chi connectivity index (χ0v) is 23.3. The molecule has 2 atom stereocenters. The SMILES string of the molecule is C[Si](C)(C)CCOCn1ccc2c(-c3cnn(C(CC#N)CN4CCNCC4C(F)F)c3)ncnc21.Cl. The molecular formula is C24H35ClF2N8OSi. The van der Waals surface area contributed by atoms with Crippen LogP contribution >= 0.6 is 12.4 Å². The first-order valence-corrected chi connectivity index (χ1v) is 16.0. The third kappa shape index (κ3) is 7.33. The van der Waals surface area contributed by atoms with Gasteiger partial charge in [-0.25, -0.2) is 18.7 Å². The number of halogens is 3. The van der Waals surface area contributed by atoms with Crippen molar-refractivity contribution in [3.63, 3.8) is 0 Å². The molecule has 0 aromatic carbocycles. The molecule has 3 aromatic heterocycles. The summed E-state index contributed by atoms with van der Waals surface area (Å²) in [6, 6.07) is 4.03. The summed E-state index contributed by atoms with van der Waals surface area (Å²) in [7, 11) is -1.16. The van der Waals surface area contributed by atoms with E-state index in [-0.39, 0.29) is 31.4 Å². The number of nitrogens with zero attached hydrogens (tertiary/aromatic N) is 7. The van der Waals surface area contributed by atoms with Crippen LogP contribution in [0.5, 0.6) is 0 Å². The van der Waals surface area contributed by atoms with Crippen LogP contribution in [-0.2, 0) is 11.5 Å². The molecule has 0 radical (unpaired) electrons. The van der Waals surface area contributed by atoms with Crippen LogP contribution in [-0.4, -0.2) is 82.5 Å². The Hall–Kier alpha value is -2.43. The van der Waals surface area contributed by atoms with E-state index in [1.807, 2.05) is 23.0 Å². The quantitative estimate of drug-likeness (QED) is 0.283. The molecule has 9 nitrogen and oxygen atoms in total. The summed E-state index contributed by atoms with van der Waals surface area (Å²) in [4.78, 5) is 10.7. The fourth-order valence-corrected chi connectivity index (χ4v) is 5.16. The van der Waals surface area contributed by atoms with E-state index < -0.39 is 20.5 Å².